The highest BCUT2D eigenvalue weighted by atomic mass is 79.9. The molecule has 1 unspecified atom stereocenters. The molecule has 3 rings (SSSR count). The summed E-state index contributed by atoms with van der Waals surface area (Å²) in [6.07, 6.45) is 4.66. The number of halogens is 1. The molecule has 0 fully saturated rings. The summed E-state index contributed by atoms with van der Waals surface area (Å²) in [6.45, 7) is 2.93. The third-order valence-electron chi connectivity index (χ3n) is 3.46. The van der Waals surface area contributed by atoms with E-state index in [0.29, 0.717) is 0 Å². The highest BCUT2D eigenvalue weighted by molar-refractivity contribution is 9.10. The number of hydrogen-bond donors (Lipinski definition) is 1. The fourth-order valence-corrected chi connectivity index (χ4v) is 2.78. The van der Waals surface area contributed by atoms with Crippen LogP contribution in [0.4, 0.5) is 0 Å². The van der Waals surface area contributed by atoms with Crippen LogP contribution in [0, 0.1) is 0 Å². The highest BCUT2D eigenvalue weighted by Crippen LogP contribution is 2.40. The van der Waals surface area contributed by atoms with Crippen LogP contribution in [0.5, 0.6) is 5.75 Å². The van der Waals surface area contributed by atoms with Crippen molar-refractivity contribution >= 4 is 15.9 Å². The van der Waals surface area contributed by atoms with Gasteiger partial charge in [0.1, 0.15) is 11.9 Å². The number of hydrogen-bond acceptors (Lipinski definition) is 3. The van der Waals surface area contributed by atoms with Crippen LogP contribution in [0.15, 0.2) is 35.1 Å². The minimum absolute atomic E-state index is 0.00349. The Morgan fingerprint density at radius 2 is 2.37 bits per heavy atom. The molecule has 0 radical (unpaired) electrons. The second kappa shape index (κ2) is 4.98. The zero-order valence-corrected chi connectivity index (χ0v) is 12.3. The molecule has 0 saturated carbocycles. The smallest absolute Gasteiger partial charge is 0.129 e. The minimum Gasteiger partial charge on any atom is -0.485 e. The molecule has 1 aliphatic heterocycles. The van der Waals surface area contributed by atoms with E-state index in [2.05, 4.69) is 28.0 Å². The summed E-state index contributed by atoms with van der Waals surface area (Å²) in [5, 5.41) is 4.29. The maximum atomic E-state index is 6.25. The third-order valence-corrected chi connectivity index (χ3v) is 3.95. The molecule has 2 N–H and O–H groups in total. The molecule has 2 aromatic rings. The predicted molar refractivity (Wildman–Crippen MR) is 77.0 cm³/mol. The van der Waals surface area contributed by atoms with E-state index in [4.69, 9.17) is 10.5 Å². The number of nitrogens with two attached hydrogens (primary N) is 1. The normalized spacial score (nSPS) is 21.8. The number of benzene rings is 1. The molecule has 2 atom stereocenters. The van der Waals surface area contributed by atoms with Gasteiger partial charge in [0, 0.05) is 40.8 Å². The van der Waals surface area contributed by atoms with Crippen molar-refractivity contribution in [3.8, 4) is 5.75 Å². The van der Waals surface area contributed by atoms with Gasteiger partial charge in [-0.25, -0.2) is 0 Å². The SMILES string of the molecule is CCn1cc(C2C[C@@H](N)c3cc(Br)ccc3O2)cn1. The van der Waals surface area contributed by atoms with Gasteiger partial charge in [-0.1, -0.05) is 15.9 Å². The van der Waals surface area contributed by atoms with Crippen LogP contribution in [0.3, 0.4) is 0 Å². The van der Waals surface area contributed by atoms with E-state index in [-0.39, 0.29) is 12.1 Å². The standard InChI is InChI=1S/C14H16BrN3O/c1-2-18-8-9(7-17-18)14-6-12(16)11-5-10(15)3-4-13(11)19-14/h3-5,7-8,12,14H,2,6,16H2,1H3/t12-,14?/m1/s1. The molecular weight excluding hydrogens is 306 g/mol. The molecule has 100 valence electrons. The Morgan fingerprint density at radius 1 is 1.53 bits per heavy atom. The summed E-state index contributed by atoms with van der Waals surface area (Å²) in [5.74, 6) is 0.871. The van der Waals surface area contributed by atoms with Crippen molar-refractivity contribution < 1.29 is 4.74 Å². The minimum atomic E-state index is -0.0102. The number of aryl methyl sites for hydroxylation is 1. The van der Waals surface area contributed by atoms with Gasteiger partial charge in [0.05, 0.1) is 6.20 Å². The van der Waals surface area contributed by atoms with Crippen molar-refractivity contribution in [2.75, 3.05) is 0 Å². The van der Waals surface area contributed by atoms with Gasteiger partial charge in [-0.2, -0.15) is 5.10 Å². The zero-order valence-electron chi connectivity index (χ0n) is 10.7. The lowest BCUT2D eigenvalue weighted by atomic mass is 9.95. The number of fused-ring (bicyclic) bond motifs is 1. The van der Waals surface area contributed by atoms with Crippen molar-refractivity contribution in [2.45, 2.75) is 32.0 Å². The average Bonchev–Trinajstić information content (AvgIpc) is 2.88. The van der Waals surface area contributed by atoms with E-state index in [1.165, 1.54) is 0 Å². The first-order chi connectivity index (χ1) is 9.17. The molecule has 1 aliphatic rings. The van der Waals surface area contributed by atoms with E-state index in [0.717, 1.165) is 34.3 Å². The Morgan fingerprint density at radius 3 is 3.11 bits per heavy atom. The summed E-state index contributed by atoms with van der Waals surface area (Å²) >= 11 is 3.47. The number of nitrogens with zero attached hydrogens (tertiary/aromatic N) is 2. The molecule has 0 amide bonds. The Hall–Kier alpha value is -1.33. The van der Waals surface area contributed by atoms with Crippen LogP contribution in [0.1, 0.15) is 36.6 Å². The van der Waals surface area contributed by atoms with Gasteiger partial charge in [0.2, 0.25) is 0 Å². The van der Waals surface area contributed by atoms with E-state index >= 15 is 0 Å². The number of aromatic nitrogens is 2. The van der Waals surface area contributed by atoms with Crippen molar-refractivity contribution in [3.05, 3.63) is 46.2 Å². The Bertz CT molecular complexity index is 596. The quantitative estimate of drug-likeness (QED) is 0.924. The Balaban J connectivity index is 1.90. The molecule has 2 heterocycles. The van der Waals surface area contributed by atoms with E-state index in [1.54, 1.807) is 0 Å². The summed E-state index contributed by atoms with van der Waals surface area (Å²) in [7, 11) is 0. The second-order valence-electron chi connectivity index (χ2n) is 4.76. The van der Waals surface area contributed by atoms with Gasteiger partial charge in [-0.15, -0.1) is 0 Å². The van der Waals surface area contributed by atoms with Gasteiger partial charge in [0.25, 0.3) is 0 Å². The molecule has 0 spiro atoms. The maximum absolute atomic E-state index is 6.25. The lowest BCUT2D eigenvalue weighted by molar-refractivity contribution is 0.161. The molecule has 19 heavy (non-hydrogen) atoms. The molecule has 0 aliphatic carbocycles. The van der Waals surface area contributed by atoms with Gasteiger partial charge in [-0.3, -0.25) is 4.68 Å². The topological polar surface area (TPSA) is 53.1 Å². The maximum Gasteiger partial charge on any atom is 0.129 e. The van der Waals surface area contributed by atoms with E-state index in [9.17, 15) is 0 Å². The molecule has 1 aromatic heterocycles. The summed E-state index contributed by atoms with van der Waals surface area (Å²) in [6, 6.07) is 5.97. The van der Waals surface area contributed by atoms with Crippen LogP contribution < -0.4 is 10.5 Å². The Kier molecular flexibility index (Phi) is 3.33. The second-order valence-corrected chi connectivity index (χ2v) is 5.68. The summed E-state index contributed by atoms with van der Waals surface area (Å²) in [5.41, 5.74) is 8.41. The van der Waals surface area contributed by atoms with Gasteiger partial charge in [-0.05, 0) is 25.1 Å². The van der Waals surface area contributed by atoms with Crippen LogP contribution in [0.25, 0.3) is 0 Å². The molecule has 5 heteroatoms. The fraction of sp³-hybridized carbons (Fsp3) is 0.357. The first kappa shape index (κ1) is 12.7. The molecule has 0 saturated heterocycles. The fourth-order valence-electron chi connectivity index (χ4n) is 2.40. The average molecular weight is 322 g/mol. The lowest BCUT2D eigenvalue weighted by Gasteiger charge is -2.29. The van der Waals surface area contributed by atoms with Crippen molar-refractivity contribution in [2.24, 2.45) is 5.73 Å². The van der Waals surface area contributed by atoms with E-state index < -0.39 is 0 Å². The van der Waals surface area contributed by atoms with Crippen molar-refractivity contribution in [1.29, 1.82) is 0 Å². The monoisotopic (exact) mass is 321 g/mol. The van der Waals surface area contributed by atoms with Crippen molar-refractivity contribution in [1.82, 2.24) is 9.78 Å². The van der Waals surface area contributed by atoms with Crippen molar-refractivity contribution in [3.63, 3.8) is 0 Å². The largest absolute Gasteiger partial charge is 0.485 e. The molecular formula is C14H16BrN3O. The highest BCUT2D eigenvalue weighted by Gasteiger charge is 2.28. The summed E-state index contributed by atoms with van der Waals surface area (Å²) in [4.78, 5) is 0. The van der Waals surface area contributed by atoms with Crippen LogP contribution in [-0.4, -0.2) is 9.78 Å². The number of ether oxygens (including phenoxy) is 1. The number of rotatable bonds is 2. The van der Waals surface area contributed by atoms with Crippen LogP contribution >= 0.6 is 15.9 Å². The predicted octanol–water partition coefficient (Wildman–Crippen LogP) is 3.19. The third kappa shape index (κ3) is 2.40. The van der Waals surface area contributed by atoms with Crippen LogP contribution in [0.2, 0.25) is 0 Å². The van der Waals surface area contributed by atoms with Crippen LogP contribution in [-0.2, 0) is 6.54 Å². The Labute approximate surface area is 120 Å². The molecule has 0 bridgehead atoms. The molecule has 1 aromatic carbocycles. The van der Waals surface area contributed by atoms with E-state index in [1.807, 2.05) is 35.3 Å². The lowest BCUT2D eigenvalue weighted by Crippen LogP contribution is -2.23. The zero-order chi connectivity index (χ0) is 13.4. The van der Waals surface area contributed by atoms with Gasteiger partial charge >= 0.3 is 0 Å². The summed E-state index contributed by atoms with van der Waals surface area (Å²) < 4.78 is 8.98. The first-order valence-corrected chi connectivity index (χ1v) is 7.20. The first-order valence-electron chi connectivity index (χ1n) is 6.41. The molecule has 4 nitrogen and oxygen atoms in total. The van der Waals surface area contributed by atoms with Gasteiger partial charge < -0.3 is 10.5 Å². The van der Waals surface area contributed by atoms with Gasteiger partial charge in [0.15, 0.2) is 0 Å².